The molecule has 0 unspecified atom stereocenters. The molecule has 0 atom stereocenters. The quantitative estimate of drug-likeness (QED) is 0.265. The van der Waals surface area contributed by atoms with Crippen LogP contribution in [0.15, 0.2) is 91.0 Å². The standard InChI is InChI=1S/C24H25O6PSi/c1-3-28-23(25)31(27,24(26)29-4-2)30-32(20-14-8-5-9-15-20,21-16-10-6-11-17-21)22-18-12-7-13-19-22/h5-19H,3-4H2,1-2H3. The van der Waals surface area contributed by atoms with E-state index < -0.39 is 27.1 Å². The van der Waals surface area contributed by atoms with Gasteiger partial charge < -0.3 is 13.7 Å². The van der Waals surface area contributed by atoms with E-state index >= 15 is 0 Å². The van der Waals surface area contributed by atoms with Gasteiger partial charge in [-0.3, -0.25) is 4.57 Å². The lowest BCUT2D eigenvalue weighted by Gasteiger charge is -2.34. The molecule has 0 heterocycles. The maximum Gasteiger partial charge on any atom is 0.405 e. The topological polar surface area (TPSA) is 78.9 Å². The van der Waals surface area contributed by atoms with E-state index in [1.54, 1.807) is 13.8 Å². The Morgan fingerprint density at radius 3 is 1.25 bits per heavy atom. The van der Waals surface area contributed by atoms with E-state index in [0.717, 1.165) is 15.6 Å². The lowest BCUT2D eigenvalue weighted by molar-refractivity contribution is 0.164. The highest BCUT2D eigenvalue weighted by molar-refractivity contribution is 7.90. The zero-order valence-electron chi connectivity index (χ0n) is 18.0. The minimum Gasteiger partial charge on any atom is -0.458 e. The molecule has 0 fully saturated rings. The molecule has 6 nitrogen and oxygen atoms in total. The van der Waals surface area contributed by atoms with E-state index in [-0.39, 0.29) is 13.2 Å². The Bertz CT molecular complexity index is 971. The minimum absolute atomic E-state index is 0.0534. The Kier molecular flexibility index (Phi) is 7.80. The second kappa shape index (κ2) is 10.5. The van der Waals surface area contributed by atoms with Gasteiger partial charge >= 0.3 is 18.8 Å². The van der Waals surface area contributed by atoms with Crippen LogP contribution in [0.25, 0.3) is 0 Å². The monoisotopic (exact) mass is 468 g/mol. The van der Waals surface area contributed by atoms with Crippen molar-refractivity contribution < 1.29 is 27.8 Å². The van der Waals surface area contributed by atoms with Crippen LogP contribution in [0.5, 0.6) is 0 Å². The lowest BCUT2D eigenvalue weighted by Crippen LogP contribution is -2.69. The molecular formula is C24H25O6PSi. The summed E-state index contributed by atoms with van der Waals surface area (Å²) >= 11 is 0. The van der Waals surface area contributed by atoms with Crippen LogP contribution in [0.4, 0.5) is 9.59 Å². The van der Waals surface area contributed by atoms with Gasteiger partial charge in [0.2, 0.25) is 0 Å². The molecule has 0 aliphatic carbocycles. The molecule has 3 aromatic rings. The SMILES string of the molecule is CCOC(=O)P(=O)(O[Si](c1ccccc1)(c1ccccc1)c1ccccc1)C(=O)OCC. The molecule has 32 heavy (non-hydrogen) atoms. The molecule has 0 spiro atoms. The molecule has 8 heteroatoms. The van der Waals surface area contributed by atoms with Gasteiger partial charge in [-0.15, -0.1) is 0 Å². The van der Waals surface area contributed by atoms with Crippen LogP contribution in [0.1, 0.15) is 13.8 Å². The molecule has 166 valence electrons. The first-order chi connectivity index (χ1) is 15.5. The van der Waals surface area contributed by atoms with Crippen molar-refractivity contribution in [2.75, 3.05) is 13.2 Å². The third-order valence-corrected chi connectivity index (χ3v) is 11.6. The van der Waals surface area contributed by atoms with Crippen molar-refractivity contribution in [3.63, 3.8) is 0 Å². The van der Waals surface area contributed by atoms with E-state index in [1.807, 2.05) is 91.0 Å². The fraction of sp³-hybridized carbons (Fsp3) is 0.167. The zero-order chi connectivity index (χ0) is 23.0. The van der Waals surface area contributed by atoms with Crippen molar-refractivity contribution in [3.8, 4) is 0 Å². The molecule has 0 aliphatic rings. The predicted octanol–water partition coefficient (Wildman–Crippen LogP) is 4.26. The van der Waals surface area contributed by atoms with E-state index in [9.17, 15) is 14.2 Å². The van der Waals surface area contributed by atoms with Gasteiger partial charge in [0.05, 0.1) is 13.2 Å². The fourth-order valence-corrected chi connectivity index (χ4v) is 10.6. The molecule has 0 saturated heterocycles. The fourth-order valence-electron chi connectivity index (χ4n) is 3.44. The summed E-state index contributed by atoms with van der Waals surface area (Å²) in [6, 6.07) is 27.7. The van der Waals surface area contributed by atoms with Crippen molar-refractivity contribution in [2.45, 2.75) is 13.8 Å². The average Bonchev–Trinajstić information content (AvgIpc) is 2.84. The molecule has 0 aromatic heterocycles. The van der Waals surface area contributed by atoms with E-state index in [2.05, 4.69) is 0 Å². The number of carbonyl (C=O) groups excluding carboxylic acids is 2. The van der Waals surface area contributed by atoms with Crippen LogP contribution in [-0.2, 0) is 18.3 Å². The number of hydrogen-bond donors (Lipinski definition) is 0. The van der Waals surface area contributed by atoms with Crippen LogP contribution in [0, 0.1) is 0 Å². The summed E-state index contributed by atoms with van der Waals surface area (Å²) in [7, 11) is -8.32. The van der Waals surface area contributed by atoms with Crippen molar-refractivity contribution in [1.29, 1.82) is 0 Å². The number of carbonyl (C=O) groups is 2. The van der Waals surface area contributed by atoms with E-state index in [0.29, 0.717) is 0 Å². The predicted molar refractivity (Wildman–Crippen MR) is 127 cm³/mol. The van der Waals surface area contributed by atoms with Crippen molar-refractivity contribution in [3.05, 3.63) is 91.0 Å². The highest BCUT2D eigenvalue weighted by atomic mass is 31.2. The second-order valence-electron chi connectivity index (χ2n) is 6.82. The minimum atomic E-state index is -4.71. The summed E-state index contributed by atoms with van der Waals surface area (Å²) in [5.74, 6) is 0. The summed E-state index contributed by atoms with van der Waals surface area (Å²) in [6.07, 6.45) is 0. The van der Waals surface area contributed by atoms with Gasteiger partial charge in [-0.25, -0.2) is 9.59 Å². The number of hydrogen-bond acceptors (Lipinski definition) is 6. The van der Waals surface area contributed by atoms with Crippen LogP contribution < -0.4 is 15.6 Å². The highest BCUT2D eigenvalue weighted by Gasteiger charge is 2.55. The highest BCUT2D eigenvalue weighted by Crippen LogP contribution is 2.53. The van der Waals surface area contributed by atoms with Crippen molar-refractivity contribution in [1.82, 2.24) is 0 Å². The Morgan fingerprint density at radius 1 is 0.656 bits per heavy atom. The molecular weight excluding hydrogens is 443 g/mol. The number of benzene rings is 3. The first-order valence-electron chi connectivity index (χ1n) is 10.3. The molecule has 0 saturated carbocycles. The first kappa shape index (κ1) is 23.7. The molecule has 0 N–H and O–H groups in total. The third kappa shape index (κ3) is 4.60. The lowest BCUT2D eigenvalue weighted by atomic mass is 10.3. The molecule has 0 aliphatic heterocycles. The van der Waals surface area contributed by atoms with Gasteiger partial charge in [0.1, 0.15) is 0 Å². The van der Waals surface area contributed by atoms with Gasteiger partial charge in [0.15, 0.2) is 0 Å². The molecule has 3 rings (SSSR count). The largest absolute Gasteiger partial charge is 0.458 e. The normalized spacial score (nSPS) is 11.6. The van der Waals surface area contributed by atoms with Gasteiger partial charge in [-0.1, -0.05) is 91.0 Å². The van der Waals surface area contributed by atoms with Gasteiger partial charge in [0.25, 0.3) is 8.32 Å². The van der Waals surface area contributed by atoms with Crippen LogP contribution in [0.2, 0.25) is 0 Å². The summed E-state index contributed by atoms with van der Waals surface area (Å²) in [6.45, 7) is 3.04. The van der Waals surface area contributed by atoms with Crippen LogP contribution >= 0.6 is 7.37 Å². The van der Waals surface area contributed by atoms with Gasteiger partial charge in [0, 0.05) is 0 Å². The number of rotatable bonds is 9. The molecule has 0 radical (unpaired) electrons. The molecule has 0 bridgehead atoms. The first-order valence-corrected chi connectivity index (χ1v) is 13.8. The summed E-state index contributed by atoms with van der Waals surface area (Å²) < 4.78 is 30.4. The summed E-state index contributed by atoms with van der Waals surface area (Å²) in [5.41, 5.74) is -2.42. The van der Waals surface area contributed by atoms with Crippen molar-refractivity contribution >= 4 is 42.7 Å². The van der Waals surface area contributed by atoms with Gasteiger partial charge in [-0.2, -0.15) is 0 Å². The van der Waals surface area contributed by atoms with Crippen molar-refractivity contribution in [2.24, 2.45) is 0 Å². The maximum absolute atomic E-state index is 14.0. The van der Waals surface area contributed by atoms with Crippen LogP contribution in [0.3, 0.4) is 0 Å². The molecule has 0 amide bonds. The maximum atomic E-state index is 14.0. The van der Waals surface area contributed by atoms with Gasteiger partial charge in [-0.05, 0) is 29.4 Å². The van der Waals surface area contributed by atoms with E-state index in [1.165, 1.54) is 0 Å². The van der Waals surface area contributed by atoms with Crippen LogP contribution in [-0.4, -0.2) is 33.0 Å². The molecule has 3 aromatic carbocycles. The Hall–Kier alpha value is -2.99. The van der Waals surface area contributed by atoms with E-state index in [4.69, 9.17) is 13.7 Å². The Balaban J connectivity index is 2.34. The third-order valence-electron chi connectivity index (χ3n) is 4.82. The smallest absolute Gasteiger partial charge is 0.405 e. The Morgan fingerprint density at radius 2 is 0.969 bits per heavy atom. The second-order valence-corrected chi connectivity index (χ2v) is 12.5. The number of ether oxygens (including phenoxy) is 2. The zero-order valence-corrected chi connectivity index (χ0v) is 19.9. The Labute approximate surface area is 188 Å². The summed E-state index contributed by atoms with van der Waals surface area (Å²) in [4.78, 5) is 25.7. The summed E-state index contributed by atoms with van der Waals surface area (Å²) in [5, 5.41) is 2.18. The average molecular weight is 469 g/mol.